The SMILES string of the molecule is OCC1(c2ccc(F)cc2)ON=C2CCCCN21. The van der Waals surface area contributed by atoms with Crippen molar-refractivity contribution in [3.8, 4) is 0 Å². The molecule has 2 heterocycles. The van der Waals surface area contributed by atoms with E-state index in [-0.39, 0.29) is 12.4 Å². The van der Waals surface area contributed by atoms with Crippen LogP contribution in [0.15, 0.2) is 29.4 Å². The Bertz CT molecular complexity index is 474. The third-order valence-corrected chi connectivity index (χ3v) is 3.59. The second kappa shape index (κ2) is 4.24. The van der Waals surface area contributed by atoms with E-state index in [0.717, 1.165) is 37.2 Å². The average molecular weight is 250 g/mol. The molecule has 0 spiro atoms. The monoisotopic (exact) mass is 250 g/mol. The number of amidine groups is 1. The maximum absolute atomic E-state index is 13.0. The molecule has 0 saturated carbocycles. The largest absolute Gasteiger partial charge is 0.390 e. The van der Waals surface area contributed by atoms with Crippen LogP contribution in [0, 0.1) is 5.82 Å². The van der Waals surface area contributed by atoms with Gasteiger partial charge in [0.25, 0.3) is 5.72 Å². The molecule has 18 heavy (non-hydrogen) atoms. The van der Waals surface area contributed by atoms with Crippen molar-refractivity contribution in [2.45, 2.75) is 25.0 Å². The summed E-state index contributed by atoms with van der Waals surface area (Å²) in [5, 5.41) is 13.8. The Morgan fingerprint density at radius 3 is 2.83 bits per heavy atom. The van der Waals surface area contributed by atoms with Gasteiger partial charge in [-0.3, -0.25) is 0 Å². The lowest BCUT2D eigenvalue weighted by molar-refractivity contribution is -0.138. The van der Waals surface area contributed by atoms with Crippen molar-refractivity contribution in [1.82, 2.24) is 4.90 Å². The Hall–Kier alpha value is -1.62. The molecule has 1 aromatic rings. The third kappa shape index (κ3) is 1.58. The molecule has 0 amide bonds. The van der Waals surface area contributed by atoms with E-state index >= 15 is 0 Å². The van der Waals surface area contributed by atoms with E-state index in [0.29, 0.717) is 0 Å². The number of rotatable bonds is 2. The smallest absolute Gasteiger partial charge is 0.260 e. The summed E-state index contributed by atoms with van der Waals surface area (Å²) < 4.78 is 13.0. The van der Waals surface area contributed by atoms with Crippen LogP contribution in [0.4, 0.5) is 4.39 Å². The first kappa shape index (κ1) is 11.5. The van der Waals surface area contributed by atoms with Crippen LogP contribution in [0.3, 0.4) is 0 Å². The van der Waals surface area contributed by atoms with Crippen LogP contribution >= 0.6 is 0 Å². The molecule has 0 aliphatic carbocycles. The zero-order chi connectivity index (χ0) is 12.6. The van der Waals surface area contributed by atoms with Gasteiger partial charge in [0.15, 0.2) is 0 Å². The quantitative estimate of drug-likeness (QED) is 0.870. The summed E-state index contributed by atoms with van der Waals surface area (Å²) in [5.41, 5.74) is -0.240. The van der Waals surface area contributed by atoms with Crippen molar-refractivity contribution in [3.63, 3.8) is 0 Å². The number of piperidine rings is 1. The van der Waals surface area contributed by atoms with E-state index in [9.17, 15) is 9.50 Å². The highest BCUT2D eigenvalue weighted by Crippen LogP contribution is 2.38. The zero-order valence-electron chi connectivity index (χ0n) is 9.97. The fourth-order valence-electron chi connectivity index (χ4n) is 2.60. The normalized spacial score (nSPS) is 26.6. The van der Waals surface area contributed by atoms with Crippen molar-refractivity contribution in [2.24, 2.45) is 5.16 Å². The first-order valence-electron chi connectivity index (χ1n) is 6.16. The summed E-state index contributed by atoms with van der Waals surface area (Å²) in [4.78, 5) is 7.49. The van der Waals surface area contributed by atoms with Gasteiger partial charge in [-0.25, -0.2) is 4.39 Å². The highest BCUT2D eigenvalue weighted by Gasteiger charge is 2.47. The highest BCUT2D eigenvalue weighted by molar-refractivity contribution is 5.84. The third-order valence-electron chi connectivity index (χ3n) is 3.59. The van der Waals surface area contributed by atoms with Crippen LogP contribution in [0.2, 0.25) is 0 Å². The number of benzene rings is 1. The van der Waals surface area contributed by atoms with Gasteiger partial charge < -0.3 is 14.8 Å². The van der Waals surface area contributed by atoms with Crippen LogP contribution in [-0.2, 0) is 10.6 Å². The van der Waals surface area contributed by atoms with Crippen LogP contribution in [0.1, 0.15) is 24.8 Å². The molecular weight excluding hydrogens is 235 g/mol. The summed E-state index contributed by atoms with van der Waals surface area (Å²) in [6.45, 7) is 0.600. The topological polar surface area (TPSA) is 45.1 Å². The lowest BCUT2D eigenvalue weighted by Crippen LogP contribution is -2.50. The Labute approximate surface area is 105 Å². The Balaban J connectivity index is 1.98. The standard InChI is InChI=1S/C13H15FN2O2/c14-11-6-4-10(5-7-11)13(9-17)16-8-2-1-3-12(16)15-18-13/h4-7,17H,1-3,8-9H2. The lowest BCUT2D eigenvalue weighted by Gasteiger charge is -2.38. The van der Waals surface area contributed by atoms with Gasteiger partial charge in [-0.15, -0.1) is 0 Å². The average Bonchev–Trinajstić information content (AvgIpc) is 2.80. The highest BCUT2D eigenvalue weighted by atomic mass is 19.1. The molecule has 1 aromatic carbocycles. The molecule has 4 nitrogen and oxygen atoms in total. The van der Waals surface area contributed by atoms with Crippen molar-refractivity contribution < 1.29 is 14.3 Å². The molecule has 0 radical (unpaired) electrons. The molecular formula is C13H15FN2O2. The van der Waals surface area contributed by atoms with Crippen LogP contribution in [0.5, 0.6) is 0 Å². The van der Waals surface area contributed by atoms with Gasteiger partial charge in [-0.2, -0.15) is 0 Å². The second-order valence-corrected chi connectivity index (χ2v) is 4.66. The molecule has 1 saturated heterocycles. The zero-order valence-corrected chi connectivity index (χ0v) is 9.97. The minimum Gasteiger partial charge on any atom is -0.390 e. The predicted molar refractivity (Wildman–Crippen MR) is 64.2 cm³/mol. The summed E-state index contributed by atoms with van der Waals surface area (Å²) in [7, 11) is 0. The van der Waals surface area contributed by atoms with Gasteiger partial charge in [-0.1, -0.05) is 5.16 Å². The molecule has 5 heteroatoms. The van der Waals surface area contributed by atoms with E-state index in [2.05, 4.69) is 5.16 Å². The minimum absolute atomic E-state index is 0.203. The molecule has 3 rings (SSSR count). The second-order valence-electron chi connectivity index (χ2n) is 4.66. The maximum atomic E-state index is 13.0. The number of fused-ring (bicyclic) bond motifs is 1. The number of aliphatic hydroxyl groups is 1. The number of hydrogen-bond donors (Lipinski definition) is 1. The molecule has 0 aromatic heterocycles. The fourth-order valence-corrected chi connectivity index (χ4v) is 2.60. The van der Waals surface area contributed by atoms with Gasteiger partial charge in [0, 0.05) is 18.5 Å². The minimum atomic E-state index is -0.969. The first-order valence-corrected chi connectivity index (χ1v) is 6.16. The van der Waals surface area contributed by atoms with Crippen LogP contribution < -0.4 is 0 Å². The molecule has 96 valence electrons. The van der Waals surface area contributed by atoms with Crippen molar-refractivity contribution in [1.29, 1.82) is 0 Å². The summed E-state index contributed by atoms with van der Waals surface area (Å²) >= 11 is 0. The molecule has 2 aliphatic rings. The van der Waals surface area contributed by atoms with E-state index in [1.54, 1.807) is 12.1 Å². The molecule has 1 fully saturated rings. The van der Waals surface area contributed by atoms with Crippen molar-refractivity contribution in [2.75, 3.05) is 13.2 Å². The van der Waals surface area contributed by atoms with Gasteiger partial charge in [0.1, 0.15) is 18.3 Å². The molecule has 2 aliphatic heterocycles. The first-order chi connectivity index (χ1) is 8.76. The van der Waals surface area contributed by atoms with Gasteiger partial charge in [-0.05, 0) is 37.1 Å². The summed E-state index contributed by atoms with van der Waals surface area (Å²) in [6.07, 6.45) is 3.00. The Morgan fingerprint density at radius 1 is 1.33 bits per heavy atom. The lowest BCUT2D eigenvalue weighted by atomic mass is 9.98. The molecule has 0 bridgehead atoms. The summed E-state index contributed by atoms with van der Waals surface area (Å²) in [5.74, 6) is 0.573. The van der Waals surface area contributed by atoms with Gasteiger partial charge in [0.05, 0.1) is 0 Å². The molecule has 1 atom stereocenters. The Kier molecular flexibility index (Phi) is 2.70. The molecule has 1 unspecified atom stereocenters. The fraction of sp³-hybridized carbons (Fsp3) is 0.462. The predicted octanol–water partition coefficient (Wildman–Crippen LogP) is 1.80. The van der Waals surface area contributed by atoms with Crippen LogP contribution in [0.25, 0.3) is 0 Å². The van der Waals surface area contributed by atoms with E-state index in [1.807, 2.05) is 4.90 Å². The van der Waals surface area contributed by atoms with E-state index in [1.165, 1.54) is 12.1 Å². The van der Waals surface area contributed by atoms with Crippen molar-refractivity contribution in [3.05, 3.63) is 35.6 Å². The van der Waals surface area contributed by atoms with E-state index < -0.39 is 5.72 Å². The Morgan fingerprint density at radius 2 is 2.11 bits per heavy atom. The number of hydrogen-bond acceptors (Lipinski definition) is 4. The van der Waals surface area contributed by atoms with Crippen molar-refractivity contribution >= 4 is 5.84 Å². The van der Waals surface area contributed by atoms with Gasteiger partial charge >= 0.3 is 0 Å². The van der Waals surface area contributed by atoms with Crippen LogP contribution in [-0.4, -0.2) is 29.0 Å². The van der Waals surface area contributed by atoms with Gasteiger partial charge in [0.2, 0.25) is 0 Å². The van der Waals surface area contributed by atoms with E-state index in [4.69, 9.17) is 4.84 Å². The number of aliphatic hydroxyl groups excluding tert-OH is 1. The number of nitrogens with zero attached hydrogens (tertiary/aromatic N) is 2. The maximum Gasteiger partial charge on any atom is 0.260 e. The number of oxime groups is 1. The number of halogens is 1. The summed E-state index contributed by atoms with van der Waals surface area (Å²) in [6, 6.07) is 6.02. The molecule has 1 N–H and O–H groups in total.